The summed E-state index contributed by atoms with van der Waals surface area (Å²) in [6.45, 7) is 2.16. The van der Waals surface area contributed by atoms with Crippen LogP contribution in [0.15, 0.2) is 24.3 Å². The molecule has 1 aliphatic rings. The Morgan fingerprint density at radius 1 is 1.28 bits per heavy atom. The first-order chi connectivity index (χ1) is 7.81. The number of piperidine rings is 1. The maximum absolute atomic E-state index is 11.5. The van der Waals surface area contributed by atoms with E-state index >= 15 is 0 Å². The average molecular weight is 291 g/mol. The Morgan fingerprint density at radius 2 is 1.94 bits per heavy atom. The zero-order chi connectivity index (χ0) is 11.4. The van der Waals surface area contributed by atoms with Crippen LogP contribution in [0, 0.1) is 0 Å². The van der Waals surface area contributed by atoms with Gasteiger partial charge >= 0.3 is 0 Å². The largest absolute Gasteiger partial charge is 0.355 e. The molecule has 18 heavy (non-hydrogen) atoms. The van der Waals surface area contributed by atoms with Gasteiger partial charge in [-0.15, -0.1) is 24.8 Å². The molecule has 1 aliphatic heterocycles. The lowest BCUT2D eigenvalue weighted by atomic mass is 9.89. The van der Waals surface area contributed by atoms with Crippen LogP contribution in [-0.4, -0.2) is 26.0 Å². The summed E-state index contributed by atoms with van der Waals surface area (Å²) in [4.78, 5) is 11.5. The maximum Gasteiger partial charge on any atom is 0.251 e. The van der Waals surface area contributed by atoms with E-state index in [0.717, 1.165) is 31.5 Å². The first-order valence-corrected chi connectivity index (χ1v) is 5.84. The normalized spacial score (nSPS) is 15.2. The van der Waals surface area contributed by atoms with Crippen molar-refractivity contribution in [3.05, 3.63) is 35.4 Å². The first kappa shape index (κ1) is 17.2. The van der Waals surface area contributed by atoms with Crippen LogP contribution in [0.25, 0.3) is 0 Å². The molecule has 1 saturated heterocycles. The molecule has 0 saturated carbocycles. The van der Waals surface area contributed by atoms with Crippen molar-refractivity contribution in [2.45, 2.75) is 18.8 Å². The van der Waals surface area contributed by atoms with Gasteiger partial charge < -0.3 is 10.6 Å². The van der Waals surface area contributed by atoms with Gasteiger partial charge in [0.05, 0.1) is 0 Å². The number of carbonyl (C=O) groups is 1. The second-order valence-electron chi connectivity index (χ2n) is 4.23. The molecule has 102 valence electrons. The van der Waals surface area contributed by atoms with E-state index in [9.17, 15) is 4.79 Å². The fourth-order valence-corrected chi connectivity index (χ4v) is 2.23. The third-order valence-electron chi connectivity index (χ3n) is 3.19. The van der Waals surface area contributed by atoms with E-state index in [1.165, 1.54) is 5.56 Å². The lowest BCUT2D eigenvalue weighted by molar-refractivity contribution is 0.0963. The zero-order valence-corrected chi connectivity index (χ0v) is 12.1. The highest BCUT2D eigenvalue weighted by Gasteiger charge is 2.16. The third kappa shape index (κ3) is 4.16. The van der Waals surface area contributed by atoms with Crippen molar-refractivity contribution in [1.29, 1.82) is 0 Å². The van der Waals surface area contributed by atoms with Crippen molar-refractivity contribution in [1.82, 2.24) is 10.6 Å². The quantitative estimate of drug-likeness (QED) is 0.878. The number of rotatable bonds is 2. The molecule has 1 fully saturated rings. The lowest BCUT2D eigenvalue weighted by Gasteiger charge is -2.23. The van der Waals surface area contributed by atoms with Gasteiger partial charge in [-0.05, 0) is 49.5 Å². The highest BCUT2D eigenvalue weighted by molar-refractivity contribution is 5.94. The molecule has 2 rings (SSSR count). The fourth-order valence-electron chi connectivity index (χ4n) is 2.23. The van der Waals surface area contributed by atoms with Gasteiger partial charge in [0.15, 0.2) is 0 Å². The minimum atomic E-state index is -0.00390. The number of carbonyl (C=O) groups excluding carboxylic acids is 1. The Bertz CT molecular complexity index is 379. The fraction of sp³-hybridized carbons (Fsp3) is 0.462. The minimum Gasteiger partial charge on any atom is -0.355 e. The Balaban J connectivity index is 0.00000144. The number of nitrogens with one attached hydrogen (secondary N) is 2. The topological polar surface area (TPSA) is 41.1 Å². The van der Waals surface area contributed by atoms with Crippen molar-refractivity contribution >= 4 is 30.7 Å². The van der Waals surface area contributed by atoms with Crippen molar-refractivity contribution in [3.8, 4) is 0 Å². The second kappa shape index (κ2) is 8.35. The summed E-state index contributed by atoms with van der Waals surface area (Å²) < 4.78 is 0. The van der Waals surface area contributed by atoms with E-state index in [2.05, 4.69) is 16.7 Å². The van der Waals surface area contributed by atoms with Crippen LogP contribution in [0.1, 0.15) is 34.7 Å². The second-order valence-corrected chi connectivity index (χ2v) is 4.23. The Morgan fingerprint density at radius 3 is 2.56 bits per heavy atom. The molecule has 0 aliphatic carbocycles. The van der Waals surface area contributed by atoms with Crippen molar-refractivity contribution in [2.75, 3.05) is 20.1 Å². The number of amides is 1. The SMILES string of the molecule is CNC(=O)c1cccc(C2CCNCC2)c1.Cl.Cl. The van der Waals surface area contributed by atoms with Crippen molar-refractivity contribution in [2.24, 2.45) is 0 Å². The van der Waals surface area contributed by atoms with Crippen LogP contribution in [0.5, 0.6) is 0 Å². The van der Waals surface area contributed by atoms with E-state index in [0.29, 0.717) is 5.92 Å². The van der Waals surface area contributed by atoms with Crippen LogP contribution in [0.2, 0.25) is 0 Å². The van der Waals surface area contributed by atoms with Gasteiger partial charge in [0, 0.05) is 12.6 Å². The van der Waals surface area contributed by atoms with Crippen LogP contribution < -0.4 is 10.6 Å². The Hall–Kier alpha value is -0.770. The molecule has 0 bridgehead atoms. The maximum atomic E-state index is 11.5. The summed E-state index contributed by atoms with van der Waals surface area (Å²) in [7, 11) is 1.67. The Kier molecular flexibility index (Phi) is 8.00. The molecule has 0 atom stereocenters. The number of halogens is 2. The van der Waals surface area contributed by atoms with Gasteiger partial charge in [-0.1, -0.05) is 12.1 Å². The number of benzene rings is 1. The summed E-state index contributed by atoms with van der Waals surface area (Å²) >= 11 is 0. The van der Waals surface area contributed by atoms with Crippen LogP contribution in [-0.2, 0) is 0 Å². The van der Waals surface area contributed by atoms with Crippen LogP contribution >= 0.6 is 24.8 Å². The number of hydrogen-bond donors (Lipinski definition) is 2. The molecule has 0 spiro atoms. The predicted octanol–water partition coefficient (Wildman–Crippen LogP) is 2.36. The standard InChI is InChI=1S/C13H18N2O.2ClH/c1-14-13(16)12-4-2-3-11(9-12)10-5-7-15-8-6-10;;/h2-4,9-10,15H,5-8H2,1H3,(H,14,16);2*1H. The van der Waals surface area contributed by atoms with Gasteiger partial charge in [0.25, 0.3) is 5.91 Å². The first-order valence-electron chi connectivity index (χ1n) is 5.84. The smallest absolute Gasteiger partial charge is 0.251 e. The van der Waals surface area contributed by atoms with Crippen LogP contribution in [0.3, 0.4) is 0 Å². The molecular weight excluding hydrogens is 271 g/mol. The lowest BCUT2D eigenvalue weighted by Crippen LogP contribution is -2.26. The monoisotopic (exact) mass is 290 g/mol. The van der Waals surface area contributed by atoms with Gasteiger partial charge in [0.1, 0.15) is 0 Å². The molecular formula is C13H20Cl2N2O. The third-order valence-corrected chi connectivity index (χ3v) is 3.19. The van der Waals surface area contributed by atoms with Crippen molar-refractivity contribution in [3.63, 3.8) is 0 Å². The summed E-state index contributed by atoms with van der Waals surface area (Å²) in [5, 5.41) is 6.01. The summed E-state index contributed by atoms with van der Waals surface area (Å²) in [5.41, 5.74) is 2.06. The van der Waals surface area contributed by atoms with E-state index < -0.39 is 0 Å². The molecule has 1 aromatic carbocycles. The number of hydrogen-bond acceptors (Lipinski definition) is 2. The minimum absolute atomic E-state index is 0. The molecule has 5 heteroatoms. The van der Waals surface area contributed by atoms with E-state index in [-0.39, 0.29) is 30.7 Å². The van der Waals surface area contributed by atoms with Gasteiger partial charge in [-0.25, -0.2) is 0 Å². The van der Waals surface area contributed by atoms with E-state index in [4.69, 9.17) is 0 Å². The highest BCUT2D eigenvalue weighted by atomic mass is 35.5. The Labute approximate surface area is 121 Å². The molecule has 0 aromatic heterocycles. The van der Waals surface area contributed by atoms with Gasteiger partial charge in [-0.3, -0.25) is 4.79 Å². The summed E-state index contributed by atoms with van der Waals surface area (Å²) in [6.07, 6.45) is 2.33. The van der Waals surface area contributed by atoms with Gasteiger partial charge in [0.2, 0.25) is 0 Å². The average Bonchev–Trinajstić information content (AvgIpc) is 2.39. The summed E-state index contributed by atoms with van der Waals surface area (Å²) in [5.74, 6) is 0.599. The molecule has 1 heterocycles. The van der Waals surface area contributed by atoms with Crippen LogP contribution in [0.4, 0.5) is 0 Å². The van der Waals surface area contributed by atoms with Gasteiger partial charge in [-0.2, -0.15) is 0 Å². The van der Waals surface area contributed by atoms with Crippen molar-refractivity contribution < 1.29 is 4.79 Å². The molecule has 1 aromatic rings. The van der Waals surface area contributed by atoms with E-state index in [1.54, 1.807) is 7.05 Å². The predicted molar refractivity (Wildman–Crippen MR) is 79.2 cm³/mol. The molecule has 0 unspecified atom stereocenters. The summed E-state index contributed by atoms with van der Waals surface area (Å²) in [6, 6.07) is 7.99. The van der Waals surface area contributed by atoms with E-state index in [1.807, 2.05) is 18.2 Å². The molecule has 3 nitrogen and oxygen atoms in total. The highest BCUT2D eigenvalue weighted by Crippen LogP contribution is 2.25. The molecule has 2 N–H and O–H groups in total. The molecule has 0 radical (unpaired) electrons. The zero-order valence-electron chi connectivity index (χ0n) is 10.4. The molecule has 1 amide bonds.